The van der Waals surface area contributed by atoms with Crippen LogP contribution in [0.4, 0.5) is 17.6 Å². The molecule has 1 fully saturated rings. The summed E-state index contributed by atoms with van der Waals surface area (Å²) in [5, 5.41) is 11.0. The van der Waals surface area contributed by atoms with E-state index in [0.29, 0.717) is 12.1 Å². The number of nitrogens with one attached hydrogen (secondary N) is 1. The van der Waals surface area contributed by atoms with Gasteiger partial charge in [-0.15, -0.1) is 0 Å². The van der Waals surface area contributed by atoms with E-state index >= 15 is 0 Å². The average molecular weight is 319 g/mol. The minimum atomic E-state index is -4.52. The number of rotatable bonds is 4. The zero-order valence-corrected chi connectivity index (χ0v) is 11.2. The van der Waals surface area contributed by atoms with Gasteiger partial charge in [0.1, 0.15) is 0 Å². The lowest BCUT2D eigenvalue weighted by Gasteiger charge is -2.33. The van der Waals surface area contributed by atoms with Crippen LogP contribution in [-0.4, -0.2) is 23.0 Å². The first kappa shape index (κ1) is 16.3. The van der Waals surface area contributed by atoms with Crippen LogP contribution in [0.25, 0.3) is 0 Å². The third-order valence-corrected chi connectivity index (χ3v) is 3.59. The summed E-state index contributed by atoms with van der Waals surface area (Å²) in [4.78, 5) is 22.3. The summed E-state index contributed by atoms with van der Waals surface area (Å²) in [6, 6.07) is 2.82. The maximum Gasteiger partial charge on any atom is 0.416 e. The quantitative estimate of drug-likeness (QED) is 0.839. The van der Waals surface area contributed by atoms with E-state index in [1.54, 1.807) is 0 Å². The van der Waals surface area contributed by atoms with Crippen LogP contribution in [0.2, 0.25) is 0 Å². The fourth-order valence-electron chi connectivity index (χ4n) is 2.20. The second kappa shape index (κ2) is 5.94. The normalized spacial score (nSPS) is 22.5. The highest BCUT2D eigenvalue weighted by Gasteiger charge is 2.36. The molecule has 4 nitrogen and oxygen atoms in total. The van der Waals surface area contributed by atoms with E-state index in [1.807, 2.05) is 0 Å². The highest BCUT2D eigenvalue weighted by Crippen LogP contribution is 2.31. The highest BCUT2D eigenvalue weighted by atomic mass is 19.4. The fourth-order valence-corrected chi connectivity index (χ4v) is 2.20. The van der Waals surface area contributed by atoms with Crippen molar-refractivity contribution in [3.8, 4) is 0 Å². The van der Waals surface area contributed by atoms with Crippen LogP contribution < -0.4 is 5.32 Å². The molecule has 1 atom stereocenters. The predicted molar refractivity (Wildman–Crippen MR) is 67.6 cm³/mol. The lowest BCUT2D eigenvalue weighted by Crippen LogP contribution is -2.47. The molecule has 0 bridgehead atoms. The van der Waals surface area contributed by atoms with Crippen molar-refractivity contribution in [2.45, 2.75) is 31.2 Å². The molecule has 1 aromatic carbocycles. The molecule has 8 heteroatoms. The molecule has 120 valence electrons. The molecule has 1 unspecified atom stereocenters. The minimum Gasteiger partial charge on any atom is -0.481 e. The minimum absolute atomic E-state index is 0.181. The monoisotopic (exact) mass is 319 g/mol. The van der Waals surface area contributed by atoms with E-state index in [9.17, 15) is 27.2 Å². The Morgan fingerprint density at radius 1 is 1.18 bits per heavy atom. The van der Waals surface area contributed by atoms with Crippen molar-refractivity contribution in [1.82, 2.24) is 5.32 Å². The van der Waals surface area contributed by atoms with Crippen LogP contribution in [0.15, 0.2) is 24.3 Å². The van der Waals surface area contributed by atoms with E-state index in [1.165, 1.54) is 0 Å². The number of carboxylic acid groups (broad SMARTS) is 1. The summed E-state index contributed by atoms with van der Waals surface area (Å²) in [7, 11) is 0. The molecular formula is C14H13F4NO3. The van der Waals surface area contributed by atoms with Gasteiger partial charge in [-0.25, -0.2) is 4.39 Å². The first-order valence-electron chi connectivity index (χ1n) is 6.53. The third kappa shape index (κ3) is 3.55. The van der Waals surface area contributed by atoms with Gasteiger partial charge in [0.25, 0.3) is 5.91 Å². The van der Waals surface area contributed by atoms with Gasteiger partial charge in [0.2, 0.25) is 6.17 Å². The number of alkyl halides is 4. The van der Waals surface area contributed by atoms with Gasteiger partial charge in [0, 0.05) is 6.04 Å². The molecule has 2 rings (SSSR count). The lowest BCUT2D eigenvalue weighted by molar-refractivity contribution is -0.146. The van der Waals surface area contributed by atoms with Crippen LogP contribution in [0.5, 0.6) is 0 Å². The molecule has 1 aromatic rings. The SMILES string of the molecule is O=C(O)C1CC(NC(=O)C(F)c2ccc(C(F)(F)F)cc2)C1. The Kier molecular flexibility index (Phi) is 4.39. The van der Waals surface area contributed by atoms with Gasteiger partial charge in [0.15, 0.2) is 0 Å². The number of aliphatic carboxylic acids is 1. The molecule has 1 amide bonds. The third-order valence-electron chi connectivity index (χ3n) is 3.59. The first-order valence-corrected chi connectivity index (χ1v) is 6.53. The van der Waals surface area contributed by atoms with Crippen molar-refractivity contribution in [1.29, 1.82) is 0 Å². The summed E-state index contributed by atoms with van der Waals surface area (Å²) >= 11 is 0. The van der Waals surface area contributed by atoms with Crippen molar-refractivity contribution >= 4 is 11.9 Å². The van der Waals surface area contributed by atoms with Gasteiger partial charge >= 0.3 is 12.1 Å². The van der Waals surface area contributed by atoms with Crippen LogP contribution >= 0.6 is 0 Å². The standard InChI is InChI=1S/C14H13F4NO3/c15-11(7-1-3-9(4-2-7)14(16,17)18)12(20)19-10-5-8(6-10)13(21)22/h1-4,8,10-11H,5-6H2,(H,19,20)(H,21,22). The van der Waals surface area contributed by atoms with Gasteiger partial charge in [-0.05, 0) is 30.5 Å². The number of carboxylic acids is 1. The van der Waals surface area contributed by atoms with Gasteiger partial charge < -0.3 is 10.4 Å². The number of carbonyl (C=O) groups is 2. The number of hydrogen-bond donors (Lipinski definition) is 2. The Labute approximate surface area is 123 Å². The molecular weight excluding hydrogens is 306 g/mol. The summed E-state index contributed by atoms with van der Waals surface area (Å²) < 4.78 is 51.1. The molecule has 1 aliphatic carbocycles. The van der Waals surface area contributed by atoms with Crippen molar-refractivity contribution in [2.24, 2.45) is 5.92 Å². The summed E-state index contributed by atoms with van der Waals surface area (Å²) in [6.45, 7) is 0. The zero-order valence-electron chi connectivity index (χ0n) is 11.2. The van der Waals surface area contributed by atoms with Crippen molar-refractivity contribution in [2.75, 3.05) is 0 Å². The topological polar surface area (TPSA) is 66.4 Å². The largest absolute Gasteiger partial charge is 0.481 e. The van der Waals surface area contributed by atoms with Gasteiger partial charge in [-0.2, -0.15) is 13.2 Å². The van der Waals surface area contributed by atoms with Crippen LogP contribution in [0.3, 0.4) is 0 Å². The summed E-state index contributed by atoms with van der Waals surface area (Å²) in [5.41, 5.74) is -1.10. The summed E-state index contributed by atoms with van der Waals surface area (Å²) in [6.07, 6.45) is -6.17. The predicted octanol–water partition coefficient (Wildman–Crippen LogP) is 2.70. The average Bonchev–Trinajstić information content (AvgIpc) is 2.40. The molecule has 2 N–H and O–H groups in total. The Balaban J connectivity index is 1.92. The Morgan fingerprint density at radius 3 is 2.18 bits per heavy atom. The van der Waals surface area contributed by atoms with E-state index in [4.69, 9.17) is 5.11 Å². The molecule has 0 spiro atoms. The smallest absolute Gasteiger partial charge is 0.416 e. The van der Waals surface area contributed by atoms with Crippen molar-refractivity contribution in [3.05, 3.63) is 35.4 Å². The van der Waals surface area contributed by atoms with Gasteiger partial charge in [-0.3, -0.25) is 9.59 Å². The number of hydrogen-bond acceptors (Lipinski definition) is 2. The molecule has 1 saturated carbocycles. The van der Waals surface area contributed by atoms with Gasteiger partial charge in [0.05, 0.1) is 11.5 Å². The molecule has 0 aromatic heterocycles. The maximum atomic E-state index is 13.9. The van der Waals surface area contributed by atoms with E-state index in [0.717, 1.165) is 12.1 Å². The molecule has 0 radical (unpaired) electrons. The molecule has 0 heterocycles. The molecule has 0 aliphatic heterocycles. The number of benzene rings is 1. The molecule has 0 saturated heterocycles. The summed E-state index contributed by atoms with van der Waals surface area (Å²) in [5.74, 6) is -2.49. The van der Waals surface area contributed by atoms with Crippen molar-refractivity contribution < 1.29 is 32.3 Å². The van der Waals surface area contributed by atoms with Crippen LogP contribution in [-0.2, 0) is 15.8 Å². The van der Waals surface area contributed by atoms with Gasteiger partial charge in [-0.1, -0.05) is 12.1 Å². The second-order valence-corrected chi connectivity index (χ2v) is 5.19. The van der Waals surface area contributed by atoms with E-state index < -0.39 is 41.7 Å². The Hall–Kier alpha value is -2.12. The second-order valence-electron chi connectivity index (χ2n) is 5.19. The van der Waals surface area contributed by atoms with Crippen LogP contribution in [0.1, 0.15) is 30.1 Å². The molecule has 1 aliphatic rings. The van der Waals surface area contributed by atoms with Crippen molar-refractivity contribution in [3.63, 3.8) is 0 Å². The fraction of sp³-hybridized carbons (Fsp3) is 0.429. The number of halogens is 4. The highest BCUT2D eigenvalue weighted by molar-refractivity contribution is 5.82. The van der Waals surface area contributed by atoms with E-state index in [2.05, 4.69) is 5.32 Å². The maximum absolute atomic E-state index is 13.9. The van der Waals surface area contributed by atoms with Crippen LogP contribution in [0, 0.1) is 5.92 Å². The Bertz CT molecular complexity index is 564. The lowest BCUT2D eigenvalue weighted by atomic mass is 9.80. The number of amides is 1. The zero-order chi connectivity index (χ0) is 16.5. The molecule has 22 heavy (non-hydrogen) atoms. The Morgan fingerprint density at radius 2 is 1.73 bits per heavy atom. The number of carbonyl (C=O) groups excluding carboxylic acids is 1. The first-order chi connectivity index (χ1) is 10.2. The van der Waals surface area contributed by atoms with E-state index in [-0.39, 0.29) is 18.4 Å².